The van der Waals surface area contributed by atoms with E-state index in [0.29, 0.717) is 6.42 Å². The van der Waals surface area contributed by atoms with E-state index in [4.69, 9.17) is 10.5 Å². The van der Waals surface area contributed by atoms with E-state index in [9.17, 15) is 8.42 Å². The van der Waals surface area contributed by atoms with Gasteiger partial charge in [0.05, 0.1) is 0 Å². The Morgan fingerprint density at radius 2 is 2.20 bits per heavy atom. The summed E-state index contributed by atoms with van der Waals surface area (Å²) in [5, 5.41) is 7.14. The zero-order valence-corrected chi connectivity index (χ0v) is 11.9. The predicted molar refractivity (Wildman–Crippen MR) is 74.1 cm³/mol. The van der Waals surface area contributed by atoms with Crippen molar-refractivity contribution in [3.8, 4) is 5.75 Å². The largest absolute Gasteiger partial charge is 0.488 e. The summed E-state index contributed by atoms with van der Waals surface area (Å²) in [6.45, 7) is 0.177. The molecule has 0 saturated carbocycles. The van der Waals surface area contributed by atoms with Crippen LogP contribution in [0.5, 0.6) is 5.75 Å². The van der Waals surface area contributed by atoms with E-state index in [2.05, 4.69) is 14.9 Å². The molecule has 1 atom stereocenters. The van der Waals surface area contributed by atoms with Crippen molar-refractivity contribution in [2.24, 2.45) is 0 Å². The fourth-order valence-corrected chi connectivity index (χ4v) is 3.85. The van der Waals surface area contributed by atoms with Crippen molar-refractivity contribution in [1.82, 2.24) is 14.9 Å². The summed E-state index contributed by atoms with van der Waals surface area (Å²) in [5.74, 6) is 0.803. The summed E-state index contributed by atoms with van der Waals surface area (Å²) < 4.78 is 31.9. The number of ether oxygens (including phenoxy) is 1. The van der Waals surface area contributed by atoms with Crippen molar-refractivity contribution in [3.63, 3.8) is 0 Å². The highest BCUT2D eigenvalue weighted by Crippen LogP contribution is 2.28. The molecule has 3 N–H and O–H groups in total. The van der Waals surface area contributed by atoms with Gasteiger partial charge in [-0.15, -0.1) is 10.2 Å². The number of hydrogen-bond acceptors (Lipinski definition) is 7. The number of fused-ring (bicyclic) bond motifs is 1. The average Bonchev–Trinajstić information content (AvgIpc) is 3.02. The zero-order valence-electron chi connectivity index (χ0n) is 10.3. The number of nitrogens with one attached hydrogen (secondary N) is 1. The van der Waals surface area contributed by atoms with Gasteiger partial charge in [-0.25, -0.2) is 13.1 Å². The van der Waals surface area contributed by atoms with Crippen LogP contribution in [-0.2, 0) is 16.4 Å². The molecule has 1 aromatic heterocycles. The minimum atomic E-state index is -3.68. The van der Waals surface area contributed by atoms with Crippen LogP contribution in [0.15, 0.2) is 28.6 Å². The Balaban J connectivity index is 1.64. The molecule has 106 valence electrons. The summed E-state index contributed by atoms with van der Waals surface area (Å²) >= 11 is 0.829. The van der Waals surface area contributed by atoms with Gasteiger partial charge in [-0.1, -0.05) is 29.5 Å². The van der Waals surface area contributed by atoms with Crippen LogP contribution in [0.4, 0.5) is 5.13 Å². The second-order valence-electron chi connectivity index (χ2n) is 4.31. The Kier molecular flexibility index (Phi) is 3.32. The highest BCUT2D eigenvalue weighted by atomic mass is 32.2. The molecule has 1 aliphatic heterocycles. The number of nitrogens with zero attached hydrogens (tertiary/aromatic N) is 2. The lowest BCUT2D eigenvalue weighted by Crippen LogP contribution is -2.34. The molecule has 2 heterocycles. The summed E-state index contributed by atoms with van der Waals surface area (Å²) in [4.78, 5) is 0. The van der Waals surface area contributed by atoms with Gasteiger partial charge in [0.2, 0.25) is 9.47 Å². The van der Waals surface area contributed by atoms with Crippen molar-refractivity contribution < 1.29 is 13.2 Å². The lowest BCUT2D eigenvalue weighted by Gasteiger charge is -2.10. The van der Waals surface area contributed by atoms with E-state index in [0.717, 1.165) is 22.6 Å². The minimum absolute atomic E-state index is 0.120. The highest BCUT2D eigenvalue weighted by Gasteiger charge is 2.26. The predicted octanol–water partition coefficient (Wildman–Crippen LogP) is 0.402. The van der Waals surface area contributed by atoms with Gasteiger partial charge in [0.25, 0.3) is 10.0 Å². The first-order valence-corrected chi connectivity index (χ1v) is 8.18. The lowest BCUT2D eigenvalue weighted by molar-refractivity contribution is 0.236. The molecule has 0 radical (unpaired) electrons. The third-order valence-corrected chi connectivity index (χ3v) is 5.41. The Bertz CT molecular complexity index is 704. The van der Waals surface area contributed by atoms with Gasteiger partial charge in [-0.05, 0) is 11.6 Å². The molecular formula is C11H12N4O3S2. The lowest BCUT2D eigenvalue weighted by atomic mass is 10.1. The van der Waals surface area contributed by atoms with E-state index in [1.807, 2.05) is 24.3 Å². The van der Waals surface area contributed by atoms with E-state index < -0.39 is 10.0 Å². The second kappa shape index (κ2) is 5.00. The van der Waals surface area contributed by atoms with Crippen molar-refractivity contribution in [2.45, 2.75) is 16.9 Å². The number of para-hydroxylation sites is 1. The molecule has 1 aliphatic rings. The van der Waals surface area contributed by atoms with E-state index in [1.165, 1.54) is 0 Å². The molecule has 0 saturated heterocycles. The van der Waals surface area contributed by atoms with Gasteiger partial charge in [-0.2, -0.15) is 0 Å². The maximum atomic E-state index is 12.0. The van der Waals surface area contributed by atoms with Crippen LogP contribution in [-0.4, -0.2) is 31.3 Å². The van der Waals surface area contributed by atoms with E-state index >= 15 is 0 Å². The van der Waals surface area contributed by atoms with Crippen LogP contribution in [0.2, 0.25) is 0 Å². The fourth-order valence-electron chi connectivity index (χ4n) is 1.96. The van der Waals surface area contributed by atoms with Crippen LogP contribution in [0.25, 0.3) is 0 Å². The number of rotatable bonds is 4. The molecule has 0 amide bonds. The maximum absolute atomic E-state index is 12.0. The van der Waals surface area contributed by atoms with Crippen LogP contribution in [0.3, 0.4) is 0 Å². The number of sulfonamides is 1. The molecule has 0 fully saturated rings. The number of hydrogen-bond donors (Lipinski definition) is 2. The Morgan fingerprint density at radius 3 is 2.90 bits per heavy atom. The standard InChI is InChI=1S/C11H12N4O3S2/c12-10-14-15-11(19-10)20(16,17)13-6-8-5-7-3-1-2-4-9(7)18-8/h1-4,8,13H,5-6H2,(H2,12,14). The SMILES string of the molecule is Nc1nnc(S(=O)(=O)NCC2Cc3ccccc3O2)s1. The number of aromatic nitrogens is 2. The van der Waals surface area contributed by atoms with E-state index in [-0.39, 0.29) is 22.1 Å². The molecule has 0 aliphatic carbocycles. The van der Waals surface area contributed by atoms with Gasteiger partial charge in [0.1, 0.15) is 11.9 Å². The molecule has 9 heteroatoms. The minimum Gasteiger partial charge on any atom is -0.488 e. The number of nitrogens with two attached hydrogens (primary N) is 1. The molecule has 20 heavy (non-hydrogen) atoms. The smallest absolute Gasteiger partial charge is 0.269 e. The zero-order chi connectivity index (χ0) is 14.2. The Morgan fingerprint density at radius 1 is 1.40 bits per heavy atom. The van der Waals surface area contributed by atoms with Crippen molar-refractivity contribution in [1.29, 1.82) is 0 Å². The van der Waals surface area contributed by atoms with Crippen LogP contribution in [0.1, 0.15) is 5.56 Å². The molecule has 1 unspecified atom stereocenters. The van der Waals surface area contributed by atoms with Crippen molar-refractivity contribution in [2.75, 3.05) is 12.3 Å². The molecule has 3 rings (SSSR count). The molecule has 0 bridgehead atoms. The Hall–Kier alpha value is -1.71. The quantitative estimate of drug-likeness (QED) is 0.846. The molecule has 2 aromatic rings. The number of anilines is 1. The summed E-state index contributed by atoms with van der Waals surface area (Å²) in [6, 6.07) is 7.65. The monoisotopic (exact) mass is 312 g/mol. The third kappa shape index (κ3) is 2.60. The molecule has 1 aromatic carbocycles. The van der Waals surface area contributed by atoms with Crippen LogP contribution >= 0.6 is 11.3 Å². The summed E-state index contributed by atoms with van der Waals surface area (Å²) in [5.41, 5.74) is 6.46. The van der Waals surface area contributed by atoms with Crippen LogP contribution < -0.4 is 15.2 Å². The van der Waals surface area contributed by atoms with Gasteiger partial charge in [-0.3, -0.25) is 0 Å². The first kappa shape index (κ1) is 13.3. The molecular weight excluding hydrogens is 300 g/mol. The first-order chi connectivity index (χ1) is 9.54. The first-order valence-electron chi connectivity index (χ1n) is 5.88. The average molecular weight is 312 g/mol. The number of nitrogen functional groups attached to an aromatic ring is 1. The summed E-state index contributed by atoms with van der Waals surface area (Å²) in [7, 11) is -3.68. The maximum Gasteiger partial charge on any atom is 0.269 e. The van der Waals surface area contributed by atoms with E-state index in [1.54, 1.807) is 0 Å². The third-order valence-electron chi connectivity index (χ3n) is 2.87. The van der Waals surface area contributed by atoms with Gasteiger partial charge in [0, 0.05) is 13.0 Å². The molecule has 7 nitrogen and oxygen atoms in total. The highest BCUT2D eigenvalue weighted by molar-refractivity contribution is 7.91. The van der Waals surface area contributed by atoms with Gasteiger partial charge in [0.15, 0.2) is 0 Å². The second-order valence-corrected chi connectivity index (χ2v) is 7.26. The van der Waals surface area contributed by atoms with Crippen LogP contribution in [0, 0.1) is 0 Å². The fraction of sp³-hybridized carbons (Fsp3) is 0.273. The normalized spacial score (nSPS) is 17.7. The van der Waals surface area contributed by atoms with Gasteiger partial charge < -0.3 is 10.5 Å². The molecule has 0 spiro atoms. The topological polar surface area (TPSA) is 107 Å². The van der Waals surface area contributed by atoms with Crippen molar-refractivity contribution >= 4 is 26.5 Å². The Labute approximate surface area is 119 Å². The van der Waals surface area contributed by atoms with Gasteiger partial charge >= 0.3 is 0 Å². The number of benzene rings is 1. The van der Waals surface area contributed by atoms with Crippen molar-refractivity contribution in [3.05, 3.63) is 29.8 Å². The summed E-state index contributed by atoms with van der Waals surface area (Å²) in [6.07, 6.45) is 0.462.